The summed E-state index contributed by atoms with van der Waals surface area (Å²) in [6.07, 6.45) is 5.94. The highest BCUT2D eigenvalue weighted by Crippen LogP contribution is 2.39. The van der Waals surface area contributed by atoms with Crippen molar-refractivity contribution in [1.29, 1.82) is 0 Å². The molecule has 3 fully saturated rings. The molecule has 7 nitrogen and oxygen atoms in total. The SMILES string of the molecule is O=S(=O)(CCl)O[C@H]1C[C@H](COC2CCCCO2)[C@H]1COC1CCCCO1. The molecule has 152 valence electrons. The molecule has 9 heteroatoms. The predicted octanol–water partition coefficient (Wildman–Crippen LogP) is 2.62. The smallest absolute Gasteiger partial charge is 0.281 e. The minimum Gasteiger partial charge on any atom is -0.353 e. The Labute approximate surface area is 160 Å². The summed E-state index contributed by atoms with van der Waals surface area (Å²) in [6.45, 7) is 2.36. The monoisotopic (exact) mass is 412 g/mol. The van der Waals surface area contributed by atoms with Gasteiger partial charge in [-0.3, -0.25) is 4.18 Å². The highest BCUT2D eigenvalue weighted by Gasteiger charge is 2.45. The van der Waals surface area contributed by atoms with Crippen LogP contribution in [0.1, 0.15) is 44.9 Å². The number of hydrogen-bond acceptors (Lipinski definition) is 7. The van der Waals surface area contributed by atoms with Crippen LogP contribution >= 0.6 is 11.6 Å². The van der Waals surface area contributed by atoms with Crippen LogP contribution in [0, 0.1) is 11.8 Å². The Balaban J connectivity index is 1.49. The Morgan fingerprint density at radius 2 is 1.54 bits per heavy atom. The van der Waals surface area contributed by atoms with E-state index in [1.54, 1.807) is 0 Å². The third kappa shape index (κ3) is 6.02. The van der Waals surface area contributed by atoms with Gasteiger partial charge in [0.2, 0.25) is 0 Å². The normalized spacial score (nSPS) is 35.8. The van der Waals surface area contributed by atoms with Gasteiger partial charge >= 0.3 is 0 Å². The first-order chi connectivity index (χ1) is 12.6. The zero-order valence-corrected chi connectivity index (χ0v) is 16.6. The van der Waals surface area contributed by atoms with Crippen LogP contribution in [0.15, 0.2) is 0 Å². The van der Waals surface area contributed by atoms with Gasteiger partial charge < -0.3 is 18.9 Å². The van der Waals surface area contributed by atoms with Gasteiger partial charge in [-0.1, -0.05) is 0 Å². The van der Waals surface area contributed by atoms with Crippen LogP contribution in [0.2, 0.25) is 0 Å². The maximum atomic E-state index is 11.7. The predicted molar refractivity (Wildman–Crippen MR) is 95.2 cm³/mol. The Kier molecular flexibility index (Phi) is 7.99. The first-order valence-corrected chi connectivity index (χ1v) is 11.6. The van der Waals surface area contributed by atoms with Crippen LogP contribution in [0.4, 0.5) is 0 Å². The van der Waals surface area contributed by atoms with Crippen LogP contribution in [0.25, 0.3) is 0 Å². The summed E-state index contributed by atoms with van der Waals surface area (Å²) in [5, 5.41) is -0.542. The number of hydrogen-bond donors (Lipinski definition) is 0. The fraction of sp³-hybridized carbons (Fsp3) is 1.00. The lowest BCUT2D eigenvalue weighted by molar-refractivity contribution is -0.208. The molecule has 0 amide bonds. The minimum atomic E-state index is -3.70. The Morgan fingerprint density at radius 1 is 0.923 bits per heavy atom. The van der Waals surface area contributed by atoms with Crippen LogP contribution in [-0.2, 0) is 33.2 Å². The molecule has 2 aliphatic heterocycles. The molecule has 3 rings (SSSR count). The van der Waals surface area contributed by atoms with Crippen LogP contribution < -0.4 is 0 Å². The van der Waals surface area contributed by atoms with Crippen molar-refractivity contribution in [2.75, 3.05) is 31.6 Å². The fourth-order valence-corrected chi connectivity index (χ4v) is 4.45. The molecule has 0 bridgehead atoms. The molecule has 0 aromatic carbocycles. The van der Waals surface area contributed by atoms with Crippen molar-refractivity contribution >= 4 is 21.7 Å². The van der Waals surface area contributed by atoms with Gasteiger partial charge in [0.05, 0.1) is 19.3 Å². The molecule has 3 aliphatic rings. The van der Waals surface area contributed by atoms with E-state index < -0.39 is 21.4 Å². The second-order valence-corrected chi connectivity index (χ2v) is 9.40. The third-order valence-electron chi connectivity index (χ3n) is 5.27. The van der Waals surface area contributed by atoms with E-state index in [1.165, 1.54) is 0 Å². The van der Waals surface area contributed by atoms with Crippen molar-refractivity contribution in [2.45, 2.75) is 63.6 Å². The van der Waals surface area contributed by atoms with Gasteiger partial charge in [0, 0.05) is 19.1 Å². The van der Waals surface area contributed by atoms with E-state index in [-0.39, 0.29) is 24.4 Å². The Morgan fingerprint density at radius 3 is 2.08 bits per heavy atom. The van der Waals surface area contributed by atoms with E-state index in [1.807, 2.05) is 0 Å². The van der Waals surface area contributed by atoms with Gasteiger partial charge in [0.1, 0.15) is 5.21 Å². The standard InChI is InChI=1S/C17H29ClO7S/c18-12-26(19,20)25-15-9-13(10-23-16-5-1-3-7-21-16)14(15)11-24-17-6-2-4-8-22-17/h13-17H,1-12H2/t13-,14-,15+,16?,17?/m1/s1. The van der Waals surface area contributed by atoms with Gasteiger partial charge in [0.15, 0.2) is 12.6 Å². The van der Waals surface area contributed by atoms with Gasteiger partial charge in [0.25, 0.3) is 10.1 Å². The molecule has 2 unspecified atom stereocenters. The highest BCUT2D eigenvalue weighted by molar-refractivity contribution is 7.87. The van der Waals surface area contributed by atoms with E-state index >= 15 is 0 Å². The largest absolute Gasteiger partial charge is 0.353 e. The molecular weight excluding hydrogens is 384 g/mol. The second kappa shape index (κ2) is 10.0. The van der Waals surface area contributed by atoms with E-state index in [9.17, 15) is 8.42 Å². The molecule has 0 radical (unpaired) electrons. The quantitative estimate of drug-likeness (QED) is 0.425. The molecule has 2 heterocycles. The summed E-state index contributed by atoms with van der Waals surface area (Å²) < 4.78 is 51.5. The van der Waals surface area contributed by atoms with Crippen molar-refractivity contribution in [3.05, 3.63) is 0 Å². The third-order valence-corrected chi connectivity index (χ3v) is 6.88. The van der Waals surface area contributed by atoms with Crippen LogP contribution in [-0.4, -0.2) is 58.7 Å². The lowest BCUT2D eigenvalue weighted by Gasteiger charge is -2.44. The topological polar surface area (TPSA) is 80.3 Å². The maximum absolute atomic E-state index is 11.7. The van der Waals surface area contributed by atoms with Crippen LogP contribution in [0.5, 0.6) is 0 Å². The Hall–Kier alpha value is 0.0400. The summed E-state index contributed by atoms with van der Waals surface area (Å²) in [5.74, 6) is 0.127. The first kappa shape index (κ1) is 20.8. The highest BCUT2D eigenvalue weighted by atomic mass is 35.5. The van der Waals surface area contributed by atoms with Crippen molar-refractivity contribution in [1.82, 2.24) is 0 Å². The number of ether oxygens (including phenoxy) is 4. The summed E-state index contributed by atoms with van der Waals surface area (Å²) in [5.41, 5.74) is 0. The van der Waals surface area contributed by atoms with Gasteiger partial charge in [-0.05, 0) is 50.9 Å². The van der Waals surface area contributed by atoms with Gasteiger partial charge in [-0.25, -0.2) is 0 Å². The fourth-order valence-electron chi connectivity index (χ4n) is 3.65. The van der Waals surface area contributed by atoms with Gasteiger partial charge in [-0.15, -0.1) is 11.6 Å². The van der Waals surface area contributed by atoms with E-state index in [0.29, 0.717) is 26.2 Å². The summed E-state index contributed by atoms with van der Waals surface area (Å²) in [6, 6.07) is 0. The molecule has 2 saturated heterocycles. The molecular formula is C17H29ClO7S. The van der Waals surface area contributed by atoms with E-state index in [0.717, 1.165) is 45.1 Å². The minimum absolute atomic E-state index is 0.0536. The van der Waals surface area contributed by atoms with Crippen molar-refractivity contribution < 1.29 is 31.5 Å². The zero-order valence-electron chi connectivity index (χ0n) is 15.0. The van der Waals surface area contributed by atoms with Gasteiger partial charge in [-0.2, -0.15) is 8.42 Å². The second-order valence-electron chi connectivity index (χ2n) is 7.22. The summed E-state index contributed by atoms with van der Waals surface area (Å²) >= 11 is 5.46. The number of halogens is 1. The lowest BCUT2D eigenvalue weighted by atomic mass is 9.72. The average molecular weight is 413 g/mol. The molecule has 0 N–H and O–H groups in total. The average Bonchev–Trinajstić information content (AvgIpc) is 2.66. The lowest BCUT2D eigenvalue weighted by Crippen LogP contribution is -2.49. The molecule has 0 spiro atoms. The van der Waals surface area contributed by atoms with Crippen molar-refractivity contribution in [2.24, 2.45) is 11.8 Å². The maximum Gasteiger partial charge on any atom is 0.281 e. The molecule has 0 aromatic heterocycles. The molecule has 26 heavy (non-hydrogen) atoms. The van der Waals surface area contributed by atoms with E-state index in [2.05, 4.69) is 0 Å². The van der Waals surface area contributed by atoms with Crippen molar-refractivity contribution in [3.63, 3.8) is 0 Å². The number of alkyl halides is 1. The van der Waals surface area contributed by atoms with Crippen LogP contribution in [0.3, 0.4) is 0 Å². The molecule has 0 aromatic rings. The summed E-state index contributed by atoms with van der Waals surface area (Å²) in [4.78, 5) is 0. The molecule has 5 atom stereocenters. The zero-order chi connectivity index (χ0) is 18.4. The van der Waals surface area contributed by atoms with E-state index in [4.69, 9.17) is 34.7 Å². The van der Waals surface area contributed by atoms with Crippen molar-refractivity contribution in [3.8, 4) is 0 Å². The Bertz CT molecular complexity index is 517. The molecule has 1 aliphatic carbocycles. The summed E-state index contributed by atoms with van der Waals surface area (Å²) in [7, 11) is -3.70. The number of rotatable bonds is 9. The first-order valence-electron chi connectivity index (χ1n) is 9.51. The molecule has 1 saturated carbocycles.